The van der Waals surface area contributed by atoms with Crippen LogP contribution in [0.2, 0.25) is 0 Å². The van der Waals surface area contributed by atoms with Gasteiger partial charge in [-0.3, -0.25) is 0 Å². The second kappa shape index (κ2) is 6.17. The predicted molar refractivity (Wildman–Crippen MR) is 73.4 cm³/mol. The number of hydrogen-bond acceptors (Lipinski definition) is 3. The molecule has 100 valence electrons. The third-order valence-electron chi connectivity index (χ3n) is 4.50. The van der Waals surface area contributed by atoms with Crippen LogP contribution in [-0.2, 0) is 0 Å². The molecule has 2 aliphatic rings. The Balaban J connectivity index is 1.88. The molecule has 3 heteroatoms. The van der Waals surface area contributed by atoms with Crippen LogP contribution in [0.5, 0.6) is 0 Å². The second-order valence-electron chi connectivity index (χ2n) is 6.11. The summed E-state index contributed by atoms with van der Waals surface area (Å²) in [5.41, 5.74) is 0.572. The topological polar surface area (TPSA) is 18.5 Å². The van der Waals surface area contributed by atoms with Gasteiger partial charge in [-0.2, -0.15) is 0 Å². The summed E-state index contributed by atoms with van der Waals surface area (Å²) in [5.74, 6) is 0. The fourth-order valence-corrected chi connectivity index (χ4v) is 3.47. The van der Waals surface area contributed by atoms with Crippen molar-refractivity contribution in [2.45, 2.75) is 32.6 Å². The molecule has 2 saturated heterocycles. The Morgan fingerprint density at radius 1 is 1.18 bits per heavy atom. The van der Waals surface area contributed by atoms with E-state index in [9.17, 15) is 0 Å². The number of piperidine rings is 1. The van der Waals surface area contributed by atoms with Gasteiger partial charge in [-0.05, 0) is 38.3 Å². The minimum absolute atomic E-state index is 0.572. The predicted octanol–water partition coefficient (Wildman–Crippen LogP) is 1.40. The van der Waals surface area contributed by atoms with Gasteiger partial charge in [-0.15, -0.1) is 0 Å². The van der Waals surface area contributed by atoms with Crippen LogP contribution < -0.4 is 5.32 Å². The molecule has 1 atom stereocenters. The highest BCUT2D eigenvalue weighted by molar-refractivity contribution is 4.89. The molecule has 2 fully saturated rings. The summed E-state index contributed by atoms with van der Waals surface area (Å²) in [6, 6.07) is 0. The number of likely N-dealkylation sites (N-methyl/N-ethyl adjacent to an activating group) is 1. The molecule has 0 spiro atoms. The van der Waals surface area contributed by atoms with Crippen LogP contribution in [0.1, 0.15) is 32.6 Å². The van der Waals surface area contributed by atoms with Crippen molar-refractivity contribution in [3.63, 3.8) is 0 Å². The fourth-order valence-electron chi connectivity index (χ4n) is 3.47. The van der Waals surface area contributed by atoms with E-state index >= 15 is 0 Å². The minimum Gasteiger partial charge on any atom is -0.316 e. The average molecular weight is 239 g/mol. The van der Waals surface area contributed by atoms with Gasteiger partial charge < -0.3 is 15.1 Å². The molecule has 17 heavy (non-hydrogen) atoms. The first-order valence-corrected chi connectivity index (χ1v) is 7.36. The third-order valence-corrected chi connectivity index (χ3v) is 4.50. The quantitative estimate of drug-likeness (QED) is 0.800. The summed E-state index contributed by atoms with van der Waals surface area (Å²) in [6.07, 6.45) is 5.52. The van der Waals surface area contributed by atoms with Crippen molar-refractivity contribution in [1.82, 2.24) is 15.1 Å². The van der Waals surface area contributed by atoms with Crippen molar-refractivity contribution in [3.05, 3.63) is 0 Å². The van der Waals surface area contributed by atoms with Crippen molar-refractivity contribution < 1.29 is 0 Å². The van der Waals surface area contributed by atoms with E-state index in [-0.39, 0.29) is 0 Å². The molecule has 1 N–H and O–H groups in total. The smallest absolute Gasteiger partial charge is 0.0110 e. The first-order chi connectivity index (χ1) is 8.24. The summed E-state index contributed by atoms with van der Waals surface area (Å²) in [7, 11) is 2.24. The summed E-state index contributed by atoms with van der Waals surface area (Å²) < 4.78 is 0. The number of nitrogens with zero attached hydrogens (tertiary/aromatic N) is 2. The van der Waals surface area contributed by atoms with Gasteiger partial charge in [0.15, 0.2) is 0 Å². The van der Waals surface area contributed by atoms with Gasteiger partial charge in [0.1, 0.15) is 0 Å². The van der Waals surface area contributed by atoms with E-state index in [1.807, 2.05) is 0 Å². The molecule has 0 aromatic carbocycles. The SMILES string of the molecule is CCCC1(CN2CCN(C)CC2)CCCNC1. The van der Waals surface area contributed by atoms with Crippen molar-refractivity contribution in [2.75, 3.05) is 52.9 Å². The zero-order chi connectivity index (χ0) is 12.1. The molecule has 3 nitrogen and oxygen atoms in total. The maximum absolute atomic E-state index is 3.62. The lowest BCUT2D eigenvalue weighted by atomic mass is 9.76. The lowest BCUT2D eigenvalue weighted by molar-refractivity contribution is 0.0718. The highest BCUT2D eigenvalue weighted by Gasteiger charge is 2.33. The first kappa shape index (κ1) is 13.3. The van der Waals surface area contributed by atoms with Crippen molar-refractivity contribution in [2.24, 2.45) is 5.41 Å². The molecule has 0 bridgehead atoms. The first-order valence-electron chi connectivity index (χ1n) is 7.36. The molecule has 2 heterocycles. The minimum atomic E-state index is 0.572. The van der Waals surface area contributed by atoms with Gasteiger partial charge in [-0.25, -0.2) is 0 Å². The molecule has 0 saturated carbocycles. The Morgan fingerprint density at radius 2 is 1.94 bits per heavy atom. The van der Waals surface area contributed by atoms with E-state index in [1.165, 1.54) is 71.5 Å². The van der Waals surface area contributed by atoms with Crippen LogP contribution in [0, 0.1) is 5.41 Å². The Labute approximate surface area is 107 Å². The van der Waals surface area contributed by atoms with Crippen LogP contribution >= 0.6 is 0 Å². The van der Waals surface area contributed by atoms with E-state index in [2.05, 4.69) is 29.1 Å². The lowest BCUT2D eigenvalue weighted by Gasteiger charge is -2.43. The Bertz CT molecular complexity index is 210. The maximum Gasteiger partial charge on any atom is 0.0110 e. The Hall–Kier alpha value is -0.120. The zero-order valence-corrected chi connectivity index (χ0v) is 11.7. The van der Waals surface area contributed by atoms with Gasteiger partial charge >= 0.3 is 0 Å². The number of rotatable bonds is 4. The summed E-state index contributed by atoms with van der Waals surface area (Å²) in [5, 5.41) is 3.62. The molecule has 0 aromatic rings. The highest BCUT2D eigenvalue weighted by atomic mass is 15.2. The van der Waals surface area contributed by atoms with Crippen molar-refractivity contribution in [3.8, 4) is 0 Å². The number of hydrogen-bond donors (Lipinski definition) is 1. The maximum atomic E-state index is 3.62. The standard InChI is InChI=1S/C14H29N3/c1-3-5-14(6-4-7-15-12-14)13-17-10-8-16(2)9-11-17/h15H,3-13H2,1-2H3. The van der Waals surface area contributed by atoms with Crippen LogP contribution in [0.15, 0.2) is 0 Å². The molecule has 2 aliphatic heterocycles. The van der Waals surface area contributed by atoms with E-state index in [4.69, 9.17) is 0 Å². The Kier molecular flexibility index (Phi) is 4.83. The molecule has 1 unspecified atom stereocenters. The van der Waals surface area contributed by atoms with Crippen molar-refractivity contribution >= 4 is 0 Å². The monoisotopic (exact) mass is 239 g/mol. The molecule has 0 aromatic heterocycles. The lowest BCUT2D eigenvalue weighted by Crippen LogP contribution is -2.52. The highest BCUT2D eigenvalue weighted by Crippen LogP contribution is 2.32. The zero-order valence-electron chi connectivity index (χ0n) is 11.7. The van der Waals surface area contributed by atoms with Gasteiger partial charge in [0, 0.05) is 39.3 Å². The fraction of sp³-hybridized carbons (Fsp3) is 1.00. The third kappa shape index (κ3) is 3.67. The summed E-state index contributed by atoms with van der Waals surface area (Å²) in [6.45, 7) is 11.2. The molecule has 0 radical (unpaired) electrons. The molecule has 0 amide bonds. The number of piperazine rings is 1. The van der Waals surface area contributed by atoms with Crippen LogP contribution in [0.3, 0.4) is 0 Å². The van der Waals surface area contributed by atoms with Crippen LogP contribution in [0.4, 0.5) is 0 Å². The molecular weight excluding hydrogens is 210 g/mol. The van der Waals surface area contributed by atoms with Crippen LogP contribution in [0.25, 0.3) is 0 Å². The van der Waals surface area contributed by atoms with E-state index < -0.39 is 0 Å². The summed E-state index contributed by atoms with van der Waals surface area (Å²) >= 11 is 0. The Morgan fingerprint density at radius 3 is 2.53 bits per heavy atom. The number of nitrogens with one attached hydrogen (secondary N) is 1. The van der Waals surface area contributed by atoms with E-state index in [0.29, 0.717) is 5.41 Å². The second-order valence-corrected chi connectivity index (χ2v) is 6.11. The van der Waals surface area contributed by atoms with Gasteiger partial charge in [0.2, 0.25) is 0 Å². The van der Waals surface area contributed by atoms with Gasteiger partial charge in [0.05, 0.1) is 0 Å². The average Bonchev–Trinajstić information content (AvgIpc) is 2.34. The van der Waals surface area contributed by atoms with Crippen LogP contribution in [-0.4, -0.2) is 62.7 Å². The summed E-state index contributed by atoms with van der Waals surface area (Å²) in [4.78, 5) is 5.14. The molecule has 0 aliphatic carbocycles. The van der Waals surface area contributed by atoms with Gasteiger partial charge in [0.25, 0.3) is 0 Å². The van der Waals surface area contributed by atoms with Crippen molar-refractivity contribution in [1.29, 1.82) is 0 Å². The van der Waals surface area contributed by atoms with Gasteiger partial charge in [-0.1, -0.05) is 13.3 Å². The largest absolute Gasteiger partial charge is 0.316 e. The normalized spacial score (nSPS) is 32.8. The molecule has 2 rings (SSSR count). The van der Waals surface area contributed by atoms with E-state index in [1.54, 1.807) is 0 Å². The molecular formula is C14H29N3. The van der Waals surface area contributed by atoms with E-state index in [0.717, 1.165) is 0 Å².